The predicted molar refractivity (Wildman–Crippen MR) is 188 cm³/mol. The van der Waals surface area contributed by atoms with Crippen molar-refractivity contribution < 1.29 is 28.6 Å². The third-order valence-corrected chi connectivity index (χ3v) is 9.17. The Kier molecular flexibility index (Phi) is 19.6. The van der Waals surface area contributed by atoms with Gasteiger partial charge >= 0.3 is 7.60 Å². The Hall–Kier alpha value is -2.67. The average Bonchev–Trinajstić information content (AvgIpc) is 3.02. The maximum absolute atomic E-state index is 12.7. The molecule has 0 radical (unpaired) electrons. The molecule has 0 saturated heterocycles. The molecule has 2 aromatic rings. The molecule has 0 aliphatic heterocycles. The first-order valence-corrected chi connectivity index (χ1v) is 19.1. The van der Waals surface area contributed by atoms with Crippen molar-refractivity contribution in [3.63, 3.8) is 0 Å². The molecule has 1 aromatic carbocycles. The summed E-state index contributed by atoms with van der Waals surface area (Å²) < 4.78 is 23.0. The molecule has 0 spiro atoms. The van der Waals surface area contributed by atoms with Gasteiger partial charge in [-0.2, -0.15) is 0 Å². The standard InChI is InChI=1S/C37H59N2O6P/c1-5-6-7-8-9-10-11-12-13-14-15-16-17-18-19-20-36(40)39-33(25-26-46(41,42)43)27-32-21-23-34(24-22-32)45-29-35-31(3)37(44-4)30(2)28-38-35/h12-13,21-24,28,33H,5-11,14-20,25-27,29H2,1-4H3,(H,39,40)(H2,41,42,43)/b13-12-/t33-/m0/s1. The van der Waals surface area contributed by atoms with Crippen LogP contribution < -0.4 is 14.8 Å². The number of aromatic nitrogens is 1. The Morgan fingerprint density at radius 2 is 1.54 bits per heavy atom. The van der Waals surface area contributed by atoms with Crippen LogP contribution in [0, 0.1) is 13.8 Å². The largest absolute Gasteiger partial charge is 0.496 e. The van der Waals surface area contributed by atoms with Crippen molar-refractivity contribution in [1.82, 2.24) is 10.3 Å². The van der Waals surface area contributed by atoms with Crippen LogP contribution in [0.25, 0.3) is 0 Å². The molecule has 3 N–H and O–H groups in total. The first kappa shape index (κ1) is 39.5. The van der Waals surface area contributed by atoms with Crippen LogP contribution in [0.2, 0.25) is 0 Å². The highest BCUT2D eigenvalue weighted by Gasteiger charge is 2.20. The molecule has 2 rings (SSSR count). The number of rotatable bonds is 25. The lowest BCUT2D eigenvalue weighted by Crippen LogP contribution is -2.37. The van der Waals surface area contributed by atoms with Crippen LogP contribution in [0.5, 0.6) is 11.5 Å². The number of pyridine rings is 1. The number of aryl methyl sites for hydroxylation is 1. The Morgan fingerprint density at radius 3 is 2.15 bits per heavy atom. The summed E-state index contributed by atoms with van der Waals surface area (Å²) in [5.41, 5.74) is 3.68. The SMILES string of the molecule is CCCCCCCC/C=C\CCCCCCCC(=O)N[C@@H](CCP(=O)(O)O)Cc1ccc(OCc2ncc(C)c(OC)c2C)cc1. The fourth-order valence-corrected chi connectivity index (χ4v) is 6.23. The highest BCUT2D eigenvalue weighted by molar-refractivity contribution is 7.51. The van der Waals surface area contributed by atoms with Crippen LogP contribution in [-0.2, 0) is 22.4 Å². The number of nitrogens with one attached hydrogen (secondary N) is 1. The average molecular weight is 659 g/mol. The monoisotopic (exact) mass is 658 g/mol. The maximum atomic E-state index is 12.7. The van der Waals surface area contributed by atoms with Crippen molar-refractivity contribution in [1.29, 1.82) is 0 Å². The molecule has 9 heteroatoms. The smallest absolute Gasteiger partial charge is 0.325 e. The van der Waals surface area contributed by atoms with Crippen LogP contribution in [0.15, 0.2) is 42.6 Å². The van der Waals surface area contributed by atoms with Gasteiger partial charge in [-0.25, -0.2) is 0 Å². The number of carbonyl (C=O) groups is 1. The maximum Gasteiger partial charge on any atom is 0.325 e. The van der Waals surface area contributed by atoms with E-state index in [0.717, 1.165) is 53.8 Å². The van der Waals surface area contributed by atoms with Gasteiger partial charge in [0.05, 0.1) is 19.0 Å². The summed E-state index contributed by atoms with van der Waals surface area (Å²) in [7, 11) is -2.53. The molecule has 46 heavy (non-hydrogen) atoms. The number of allylic oxidation sites excluding steroid dienone is 2. The van der Waals surface area contributed by atoms with Gasteiger partial charge in [-0.1, -0.05) is 82.6 Å². The van der Waals surface area contributed by atoms with Crippen LogP contribution in [0.4, 0.5) is 0 Å². The molecule has 0 unspecified atom stereocenters. The van der Waals surface area contributed by atoms with E-state index in [1.165, 1.54) is 57.8 Å². The summed E-state index contributed by atoms with van der Waals surface area (Å²) in [4.78, 5) is 36.1. The minimum atomic E-state index is -4.17. The fraction of sp³-hybridized carbons (Fsp3) is 0.622. The molecule has 0 bridgehead atoms. The van der Waals surface area contributed by atoms with Crippen molar-refractivity contribution in [3.8, 4) is 11.5 Å². The van der Waals surface area contributed by atoms with Gasteiger partial charge < -0.3 is 24.6 Å². The zero-order valence-corrected chi connectivity index (χ0v) is 29.7. The zero-order valence-electron chi connectivity index (χ0n) is 28.8. The molecule has 1 aromatic heterocycles. The highest BCUT2D eigenvalue weighted by Crippen LogP contribution is 2.35. The van der Waals surface area contributed by atoms with Crippen LogP contribution in [0.1, 0.15) is 126 Å². The number of benzene rings is 1. The molecular formula is C37H59N2O6P. The van der Waals surface area contributed by atoms with E-state index in [0.29, 0.717) is 25.2 Å². The van der Waals surface area contributed by atoms with E-state index in [2.05, 4.69) is 29.4 Å². The second-order valence-corrected chi connectivity index (χ2v) is 14.2. The molecule has 0 aliphatic carbocycles. The van der Waals surface area contributed by atoms with Crippen molar-refractivity contribution in [2.24, 2.45) is 0 Å². The summed E-state index contributed by atoms with van der Waals surface area (Å²) in [5, 5.41) is 3.03. The van der Waals surface area contributed by atoms with E-state index >= 15 is 0 Å². The second kappa shape index (κ2) is 22.8. The minimum Gasteiger partial charge on any atom is -0.496 e. The highest BCUT2D eigenvalue weighted by atomic mass is 31.2. The number of hydrogen-bond donors (Lipinski definition) is 3. The zero-order chi connectivity index (χ0) is 33.6. The van der Waals surface area contributed by atoms with Gasteiger partial charge in [0.25, 0.3) is 0 Å². The topological polar surface area (TPSA) is 118 Å². The van der Waals surface area contributed by atoms with Crippen LogP contribution in [0.3, 0.4) is 0 Å². The third kappa shape index (κ3) is 17.3. The lowest BCUT2D eigenvalue weighted by Gasteiger charge is -2.20. The Bertz CT molecular complexity index is 1210. The quantitative estimate of drug-likeness (QED) is 0.0554. The minimum absolute atomic E-state index is 0.0651. The van der Waals surface area contributed by atoms with E-state index in [4.69, 9.17) is 9.47 Å². The summed E-state index contributed by atoms with van der Waals surface area (Å²) in [6.45, 7) is 6.47. The van der Waals surface area contributed by atoms with E-state index in [9.17, 15) is 19.1 Å². The number of carbonyl (C=O) groups excluding carboxylic acids is 1. The van der Waals surface area contributed by atoms with E-state index in [1.54, 1.807) is 13.3 Å². The normalized spacial score (nSPS) is 12.4. The molecule has 258 valence electrons. The van der Waals surface area contributed by atoms with E-state index in [-0.39, 0.29) is 24.5 Å². The molecule has 1 heterocycles. The predicted octanol–water partition coefficient (Wildman–Crippen LogP) is 8.92. The van der Waals surface area contributed by atoms with E-state index < -0.39 is 7.60 Å². The van der Waals surface area contributed by atoms with Crippen molar-refractivity contribution in [2.45, 2.75) is 136 Å². The van der Waals surface area contributed by atoms with Gasteiger partial charge in [-0.3, -0.25) is 14.3 Å². The molecular weight excluding hydrogens is 599 g/mol. The second-order valence-electron chi connectivity index (χ2n) is 12.5. The van der Waals surface area contributed by atoms with Crippen molar-refractivity contribution in [2.75, 3.05) is 13.3 Å². The number of methoxy groups -OCH3 is 1. The molecule has 0 saturated carbocycles. The Morgan fingerprint density at radius 1 is 0.935 bits per heavy atom. The van der Waals surface area contributed by atoms with Crippen molar-refractivity contribution in [3.05, 3.63) is 65.0 Å². The van der Waals surface area contributed by atoms with Gasteiger partial charge in [-0.15, -0.1) is 0 Å². The lowest BCUT2D eigenvalue weighted by molar-refractivity contribution is -0.121. The molecule has 0 aliphatic rings. The molecule has 1 atom stereocenters. The number of amides is 1. The number of ether oxygens (including phenoxy) is 2. The van der Waals surface area contributed by atoms with Gasteiger partial charge in [0.15, 0.2) is 0 Å². The van der Waals surface area contributed by atoms with Gasteiger partial charge in [0, 0.05) is 29.8 Å². The number of unbranched alkanes of at least 4 members (excludes halogenated alkanes) is 11. The summed E-state index contributed by atoms with van der Waals surface area (Å²) in [5.74, 6) is 1.43. The molecule has 1 amide bonds. The van der Waals surface area contributed by atoms with E-state index in [1.807, 2.05) is 38.1 Å². The lowest BCUT2D eigenvalue weighted by atomic mass is 10.0. The van der Waals surface area contributed by atoms with Gasteiger partial charge in [0.1, 0.15) is 18.1 Å². The number of hydrogen-bond acceptors (Lipinski definition) is 5. The van der Waals surface area contributed by atoms with Crippen LogP contribution >= 0.6 is 7.60 Å². The molecule has 8 nitrogen and oxygen atoms in total. The first-order chi connectivity index (χ1) is 22.1. The fourth-order valence-electron chi connectivity index (χ4n) is 5.58. The van der Waals surface area contributed by atoms with Crippen LogP contribution in [-0.4, -0.2) is 40.0 Å². The third-order valence-electron chi connectivity index (χ3n) is 8.33. The van der Waals surface area contributed by atoms with Gasteiger partial charge in [0.2, 0.25) is 5.91 Å². The Labute approximate surface area is 277 Å². The van der Waals surface area contributed by atoms with Gasteiger partial charge in [-0.05, 0) is 76.5 Å². The number of nitrogens with zero attached hydrogens (tertiary/aromatic N) is 1. The van der Waals surface area contributed by atoms with Crippen molar-refractivity contribution >= 4 is 13.5 Å². The Balaban J connectivity index is 1.71. The summed E-state index contributed by atoms with van der Waals surface area (Å²) in [6, 6.07) is 7.21. The summed E-state index contributed by atoms with van der Waals surface area (Å²) in [6.07, 6.45) is 22.9. The molecule has 0 fully saturated rings. The summed E-state index contributed by atoms with van der Waals surface area (Å²) >= 11 is 0. The first-order valence-electron chi connectivity index (χ1n) is 17.3.